The van der Waals surface area contributed by atoms with Crippen LogP contribution in [0.15, 0.2) is 6.20 Å². The van der Waals surface area contributed by atoms with Crippen LogP contribution < -0.4 is 5.32 Å². The first-order valence-electron chi connectivity index (χ1n) is 7.29. The zero-order valence-electron chi connectivity index (χ0n) is 11.3. The quantitative estimate of drug-likeness (QED) is 0.841. The molecule has 1 aromatic rings. The van der Waals surface area contributed by atoms with Crippen molar-refractivity contribution < 1.29 is 0 Å². The summed E-state index contributed by atoms with van der Waals surface area (Å²) in [7, 11) is 2.18. The second-order valence-electron chi connectivity index (χ2n) is 5.83. The summed E-state index contributed by atoms with van der Waals surface area (Å²) < 4.78 is 0. The Labute approximate surface area is 109 Å². The highest BCUT2D eigenvalue weighted by molar-refractivity contribution is 5.11. The van der Waals surface area contributed by atoms with Gasteiger partial charge in [-0.25, -0.2) is 4.98 Å². The van der Waals surface area contributed by atoms with Gasteiger partial charge in [-0.1, -0.05) is 19.3 Å². The maximum absolute atomic E-state index is 4.60. The van der Waals surface area contributed by atoms with Crippen molar-refractivity contribution in [2.24, 2.45) is 0 Å². The van der Waals surface area contributed by atoms with Gasteiger partial charge >= 0.3 is 0 Å². The number of imidazole rings is 1. The van der Waals surface area contributed by atoms with Gasteiger partial charge in [-0.3, -0.25) is 0 Å². The Morgan fingerprint density at radius 3 is 2.89 bits per heavy atom. The minimum atomic E-state index is 0.376. The van der Waals surface area contributed by atoms with Crippen molar-refractivity contribution in [2.75, 3.05) is 26.7 Å². The molecule has 0 aromatic carbocycles. The first-order chi connectivity index (χ1) is 8.83. The van der Waals surface area contributed by atoms with E-state index in [9.17, 15) is 0 Å². The number of piperazine rings is 1. The first-order valence-corrected chi connectivity index (χ1v) is 7.29. The van der Waals surface area contributed by atoms with E-state index < -0.39 is 0 Å². The predicted octanol–water partition coefficient (Wildman–Crippen LogP) is 2.03. The Bertz CT molecular complexity index is 381. The summed E-state index contributed by atoms with van der Waals surface area (Å²) in [5, 5.41) is 3.55. The van der Waals surface area contributed by atoms with Crippen molar-refractivity contribution in [3.63, 3.8) is 0 Å². The van der Waals surface area contributed by atoms with E-state index in [4.69, 9.17) is 0 Å². The molecule has 3 rings (SSSR count). The van der Waals surface area contributed by atoms with Gasteiger partial charge in [0.2, 0.25) is 0 Å². The van der Waals surface area contributed by atoms with Gasteiger partial charge in [0.25, 0.3) is 0 Å². The van der Waals surface area contributed by atoms with Gasteiger partial charge in [0.05, 0.1) is 6.04 Å². The molecule has 1 atom stereocenters. The molecule has 0 bridgehead atoms. The lowest BCUT2D eigenvalue weighted by molar-refractivity contribution is 0.236. The molecule has 2 N–H and O–H groups in total. The highest BCUT2D eigenvalue weighted by Crippen LogP contribution is 2.32. The summed E-state index contributed by atoms with van der Waals surface area (Å²) >= 11 is 0. The maximum Gasteiger partial charge on any atom is 0.124 e. The van der Waals surface area contributed by atoms with Crippen LogP contribution in [0.25, 0.3) is 0 Å². The fourth-order valence-corrected chi connectivity index (χ4v) is 3.23. The molecule has 2 heterocycles. The number of nitrogens with one attached hydrogen (secondary N) is 2. The van der Waals surface area contributed by atoms with E-state index in [2.05, 4.69) is 33.4 Å². The van der Waals surface area contributed by atoms with Crippen LogP contribution in [-0.2, 0) is 0 Å². The van der Waals surface area contributed by atoms with E-state index >= 15 is 0 Å². The number of nitrogens with zero attached hydrogens (tertiary/aromatic N) is 2. The lowest BCUT2D eigenvalue weighted by atomic mass is 9.87. The van der Waals surface area contributed by atoms with Gasteiger partial charge in [-0.05, 0) is 19.9 Å². The molecule has 4 heteroatoms. The molecule has 1 unspecified atom stereocenters. The van der Waals surface area contributed by atoms with Crippen LogP contribution in [-0.4, -0.2) is 41.5 Å². The van der Waals surface area contributed by atoms with Crippen molar-refractivity contribution >= 4 is 0 Å². The van der Waals surface area contributed by atoms with Crippen molar-refractivity contribution in [1.82, 2.24) is 20.2 Å². The van der Waals surface area contributed by atoms with Crippen molar-refractivity contribution in [1.29, 1.82) is 0 Å². The normalized spacial score (nSPS) is 27.5. The number of H-pyrrole nitrogens is 1. The van der Waals surface area contributed by atoms with Crippen LogP contribution >= 0.6 is 0 Å². The third-order valence-corrected chi connectivity index (χ3v) is 4.37. The first kappa shape index (κ1) is 12.2. The van der Waals surface area contributed by atoms with Crippen molar-refractivity contribution in [3.8, 4) is 0 Å². The minimum absolute atomic E-state index is 0.376. The monoisotopic (exact) mass is 248 g/mol. The molecule has 1 aromatic heterocycles. The minimum Gasteiger partial charge on any atom is -0.344 e. The third kappa shape index (κ3) is 2.59. The SMILES string of the molecule is CN1CCNC(c2ncc(C3CCCCC3)[nH]2)C1. The second kappa shape index (κ2) is 5.41. The van der Waals surface area contributed by atoms with E-state index in [1.54, 1.807) is 0 Å². The number of hydrogen-bond donors (Lipinski definition) is 2. The highest BCUT2D eigenvalue weighted by atomic mass is 15.2. The molecule has 2 fully saturated rings. The van der Waals surface area contributed by atoms with Crippen LogP contribution in [0.5, 0.6) is 0 Å². The predicted molar refractivity (Wildman–Crippen MR) is 72.7 cm³/mol. The van der Waals surface area contributed by atoms with Crippen LogP contribution in [0.1, 0.15) is 55.6 Å². The van der Waals surface area contributed by atoms with Crippen LogP contribution in [0, 0.1) is 0 Å². The van der Waals surface area contributed by atoms with Crippen LogP contribution in [0.4, 0.5) is 0 Å². The van der Waals surface area contributed by atoms with E-state index in [1.165, 1.54) is 37.8 Å². The number of aromatic nitrogens is 2. The second-order valence-corrected chi connectivity index (χ2v) is 5.83. The number of aromatic amines is 1. The number of hydrogen-bond acceptors (Lipinski definition) is 3. The standard InChI is InChI=1S/C14H24N4/c1-18-8-7-15-13(10-18)14-16-9-12(17-14)11-5-3-2-4-6-11/h9,11,13,15H,2-8,10H2,1H3,(H,16,17). The molecule has 1 saturated carbocycles. The van der Waals surface area contributed by atoms with Gasteiger partial charge in [0, 0.05) is 37.4 Å². The summed E-state index contributed by atoms with van der Waals surface area (Å²) in [6, 6.07) is 0.376. The average Bonchev–Trinajstić information content (AvgIpc) is 2.89. The third-order valence-electron chi connectivity index (χ3n) is 4.37. The molecular formula is C14H24N4. The van der Waals surface area contributed by atoms with Gasteiger partial charge in [-0.15, -0.1) is 0 Å². The van der Waals surface area contributed by atoms with E-state index in [0.29, 0.717) is 6.04 Å². The number of likely N-dealkylation sites (N-methyl/N-ethyl adjacent to an activating group) is 1. The molecule has 2 aliphatic rings. The molecule has 0 amide bonds. The van der Waals surface area contributed by atoms with Crippen molar-refractivity contribution in [3.05, 3.63) is 17.7 Å². The fraction of sp³-hybridized carbons (Fsp3) is 0.786. The Kier molecular flexibility index (Phi) is 3.66. The van der Waals surface area contributed by atoms with Gasteiger partial charge in [-0.2, -0.15) is 0 Å². The zero-order valence-corrected chi connectivity index (χ0v) is 11.3. The van der Waals surface area contributed by atoms with Gasteiger partial charge in [0.1, 0.15) is 5.82 Å². The molecule has 0 spiro atoms. The average molecular weight is 248 g/mol. The lowest BCUT2D eigenvalue weighted by Crippen LogP contribution is -2.44. The Morgan fingerprint density at radius 2 is 2.11 bits per heavy atom. The Morgan fingerprint density at radius 1 is 1.28 bits per heavy atom. The van der Waals surface area contributed by atoms with E-state index in [-0.39, 0.29) is 0 Å². The van der Waals surface area contributed by atoms with Gasteiger partial charge < -0.3 is 15.2 Å². The Hall–Kier alpha value is -0.870. The molecule has 1 aliphatic carbocycles. The fourth-order valence-electron chi connectivity index (χ4n) is 3.23. The molecule has 1 aliphatic heterocycles. The molecule has 18 heavy (non-hydrogen) atoms. The molecule has 4 nitrogen and oxygen atoms in total. The summed E-state index contributed by atoms with van der Waals surface area (Å²) in [5.41, 5.74) is 1.36. The van der Waals surface area contributed by atoms with Crippen LogP contribution in [0.3, 0.4) is 0 Å². The summed E-state index contributed by atoms with van der Waals surface area (Å²) in [4.78, 5) is 10.5. The highest BCUT2D eigenvalue weighted by Gasteiger charge is 2.23. The maximum atomic E-state index is 4.60. The van der Waals surface area contributed by atoms with Crippen molar-refractivity contribution in [2.45, 2.75) is 44.1 Å². The zero-order chi connectivity index (χ0) is 12.4. The summed E-state index contributed by atoms with van der Waals surface area (Å²) in [6.07, 6.45) is 8.90. The molecule has 100 valence electrons. The van der Waals surface area contributed by atoms with Crippen LogP contribution in [0.2, 0.25) is 0 Å². The molecule has 1 saturated heterocycles. The molecule has 0 radical (unpaired) electrons. The summed E-state index contributed by atoms with van der Waals surface area (Å²) in [6.45, 7) is 3.24. The lowest BCUT2D eigenvalue weighted by Gasteiger charge is -2.29. The number of rotatable bonds is 2. The Balaban J connectivity index is 1.68. The molecular weight excluding hydrogens is 224 g/mol. The smallest absolute Gasteiger partial charge is 0.124 e. The van der Waals surface area contributed by atoms with E-state index in [1.807, 2.05) is 0 Å². The topological polar surface area (TPSA) is 44.0 Å². The largest absolute Gasteiger partial charge is 0.344 e. The van der Waals surface area contributed by atoms with Gasteiger partial charge in [0.15, 0.2) is 0 Å². The summed E-state index contributed by atoms with van der Waals surface area (Å²) in [5.74, 6) is 1.85. The van der Waals surface area contributed by atoms with E-state index in [0.717, 1.165) is 31.4 Å².